The number of hydrogen-bond donors (Lipinski definition) is 1. The van der Waals surface area contributed by atoms with Crippen molar-refractivity contribution in [1.82, 2.24) is 8.61 Å². The quantitative estimate of drug-likeness (QED) is 0.731. The Morgan fingerprint density at radius 2 is 1.69 bits per heavy atom. The predicted octanol–water partition coefficient (Wildman–Crippen LogP) is 0.995. The number of rotatable bonds is 7. The molecule has 2 saturated heterocycles. The fourth-order valence-electron chi connectivity index (χ4n) is 3.39. The van der Waals surface area contributed by atoms with E-state index < -0.39 is 16.0 Å². The lowest BCUT2D eigenvalue weighted by atomic mass is 10.1. The maximum Gasteiger partial charge on any atom is 0.282 e. The van der Waals surface area contributed by atoms with Gasteiger partial charge in [-0.3, -0.25) is 0 Å². The number of nitrogens with two attached hydrogens (primary N) is 1. The molecule has 3 rings (SSSR count). The summed E-state index contributed by atoms with van der Waals surface area (Å²) in [5, 5.41) is 0. The Hall–Kier alpha value is -0.740. The highest BCUT2D eigenvalue weighted by Gasteiger charge is 2.43. The second-order valence-corrected chi connectivity index (χ2v) is 8.37. The Bertz CT molecular complexity index is 643. The van der Waals surface area contributed by atoms with E-state index >= 15 is 0 Å². The van der Waals surface area contributed by atoms with Crippen molar-refractivity contribution in [1.29, 1.82) is 0 Å². The number of nitrogens with zero attached hydrogens (tertiary/aromatic N) is 2. The van der Waals surface area contributed by atoms with Gasteiger partial charge in [0.15, 0.2) is 5.79 Å². The van der Waals surface area contributed by atoms with Crippen molar-refractivity contribution in [3.63, 3.8) is 0 Å². The zero-order valence-electron chi connectivity index (χ0n) is 14.9. The second kappa shape index (κ2) is 9.45. The van der Waals surface area contributed by atoms with E-state index in [1.54, 1.807) is 0 Å². The molecule has 0 unspecified atom stereocenters. The molecule has 0 bridgehead atoms. The first-order valence-electron chi connectivity index (χ1n) is 8.83. The van der Waals surface area contributed by atoms with Crippen LogP contribution in [0, 0.1) is 0 Å². The van der Waals surface area contributed by atoms with Gasteiger partial charge in [-0.1, -0.05) is 30.3 Å². The van der Waals surface area contributed by atoms with Crippen molar-refractivity contribution in [2.75, 3.05) is 45.9 Å². The van der Waals surface area contributed by atoms with Crippen LogP contribution >= 0.6 is 12.4 Å². The number of piperidine rings is 1. The Balaban J connectivity index is 0.00000243. The molecule has 0 aliphatic carbocycles. The molecule has 2 fully saturated rings. The highest BCUT2D eigenvalue weighted by atomic mass is 35.5. The Morgan fingerprint density at radius 3 is 2.27 bits per heavy atom. The van der Waals surface area contributed by atoms with E-state index in [1.807, 2.05) is 30.3 Å². The highest BCUT2D eigenvalue weighted by molar-refractivity contribution is 7.86. The summed E-state index contributed by atoms with van der Waals surface area (Å²) in [6, 6.07) is 9.89. The van der Waals surface area contributed by atoms with Crippen molar-refractivity contribution in [3.8, 4) is 0 Å². The van der Waals surface area contributed by atoms with Gasteiger partial charge in [-0.05, 0) is 12.0 Å². The van der Waals surface area contributed by atoms with Crippen molar-refractivity contribution >= 4 is 22.6 Å². The molecule has 0 amide bonds. The molecular formula is C17H28ClN3O4S. The van der Waals surface area contributed by atoms with E-state index in [4.69, 9.17) is 15.2 Å². The summed E-state index contributed by atoms with van der Waals surface area (Å²) in [7, 11) is -3.53. The summed E-state index contributed by atoms with van der Waals surface area (Å²) in [6.45, 7) is 3.05. The largest absolute Gasteiger partial charge is 0.347 e. The molecule has 1 aromatic rings. The molecule has 9 heteroatoms. The molecule has 0 radical (unpaired) electrons. The summed E-state index contributed by atoms with van der Waals surface area (Å²) in [4.78, 5) is 0. The first kappa shape index (κ1) is 21.6. The van der Waals surface area contributed by atoms with Gasteiger partial charge in [0.2, 0.25) is 0 Å². The SMILES string of the molecule is Cl.NCCN(CCc1ccccc1)S(=O)(=O)N1CCC2(CC1)OCCO2. The summed E-state index contributed by atoms with van der Waals surface area (Å²) in [5.41, 5.74) is 6.77. The zero-order valence-corrected chi connectivity index (χ0v) is 16.5. The number of hydrogen-bond acceptors (Lipinski definition) is 5. The van der Waals surface area contributed by atoms with Crippen LogP contribution in [0.5, 0.6) is 0 Å². The van der Waals surface area contributed by atoms with Gasteiger partial charge in [0.1, 0.15) is 0 Å². The molecule has 2 N–H and O–H groups in total. The topological polar surface area (TPSA) is 85.1 Å². The predicted molar refractivity (Wildman–Crippen MR) is 102 cm³/mol. The third-order valence-electron chi connectivity index (χ3n) is 4.82. The third-order valence-corrected chi connectivity index (χ3v) is 6.86. The van der Waals surface area contributed by atoms with Crippen molar-refractivity contribution in [3.05, 3.63) is 35.9 Å². The van der Waals surface area contributed by atoms with E-state index in [-0.39, 0.29) is 12.4 Å². The lowest BCUT2D eigenvalue weighted by Gasteiger charge is -2.38. The van der Waals surface area contributed by atoms with E-state index in [2.05, 4.69) is 0 Å². The van der Waals surface area contributed by atoms with Crippen LogP contribution in [-0.4, -0.2) is 68.8 Å². The molecular weight excluding hydrogens is 378 g/mol. The first-order chi connectivity index (χ1) is 12.1. The van der Waals surface area contributed by atoms with Crippen LogP contribution in [0.15, 0.2) is 30.3 Å². The van der Waals surface area contributed by atoms with E-state index in [0.29, 0.717) is 65.2 Å². The van der Waals surface area contributed by atoms with E-state index in [9.17, 15) is 8.42 Å². The molecule has 26 heavy (non-hydrogen) atoms. The number of benzene rings is 1. The Morgan fingerprint density at radius 1 is 1.08 bits per heavy atom. The first-order valence-corrected chi connectivity index (χ1v) is 10.2. The molecule has 1 spiro atoms. The molecule has 7 nitrogen and oxygen atoms in total. The van der Waals surface area contributed by atoms with Crippen LogP contribution < -0.4 is 5.73 Å². The lowest BCUT2D eigenvalue weighted by Crippen LogP contribution is -2.52. The standard InChI is InChI=1S/C17H27N3O4S.ClH/c18-9-13-19(10-6-16-4-2-1-3-5-16)25(21,22)20-11-7-17(8-12-20)23-14-15-24-17;/h1-5H,6-15,18H2;1H. The van der Waals surface area contributed by atoms with E-state index in [0.717, 1.165) is 5.56 Å². The average Bonchev–Trinajstić information content (AvgIpc) is 3.07. The summed E-state index contributed by atoms with van der Waals surface area (Å²) in [6.07, 6.45) is 1.81. The average molecular weight is 406 g/mol. The minimum atomic E-state index is -3.53. The van der Waals surface area contributed by atoms with Crippen LogP contribution in [0.4, 0.5) is 0 Å². The van der Waals surface area contributed by atoms with Crippen LogP contribution in [0.25, 0.3) is 0 Å². The zero-order chi connectivity index (χ0) is 17.8. The van der Waals surface area contributed by atoms with Crippen LogP contribution in [-0.2, 0) is 26.1 Å². The Kier molecular flexibility index (Phi) is 7.84. The smallest absolute Gasteiger partial charge is 0.282 e. The fourth-order valence-corrected chi connectivity index (χ4v) is 5.02. The monoisotopic (exact) mass is 405 g/mol. The van der Waals surface area contributed by atoms with Gasteiger partial charge in [-0.2, -0.15) is 17.0 Å². The summed E-state index contributed by atoms with van der Waals surface area (Å²) < 4.78 is 40.4. The van der Waals surface area contributed by atoms with Gasteiger partial charge in [-0.25, -0.2) is 0 Å². The molecule has 2 aliphatic heterocycles. The molecule has 0 saturated carbocycles. The molecule has 148 valence electrons. The fraction of sp³-hybridized carbons (Fsp3) is 0.647. The number of halogens is 1. The second-order valence-electron chi connectivity index (χ2n) is 6.44. The van der Waals surface area contributed by atoms with Crippen molar-refractivity contribution < 1.29 is 17.9 Å². The van der Waals surface area contributed by atoms with Gasteiger partial charge in [-0.15, -0.1) is 12.4 Å². The number of ether oxygens (including phenoxy) is 2. The highest BCUT2D eigenvalue weighted by Crippen LogP contribution is 2.32. The minimum Gasteiger partial charge on any atom is -0.347 e. The molecule has 0 atom stereocenters. The lowest BCUT2D eigenvalue weighted by molar-refractivity contribution is -0.179. The van der Waals surface area contributed by atoms with E-state index in [1.165, 1.54) is 8.61 Å². The van der Waals surface area contributed by atoms with Gasteiger partial charge < -0.3 is 15.2 Å². The third kappa shape index (κ3) is 4.95. The maximum absolute atomic E-state index is 13.0. The van der Waals surface area contributed by atoms with Gasteiger partial charge in [0.05, 0.1) is 13.2 Å². The summed E-state index contributed by atoms with van der Waals surface area (Å²) in [5.74, 6) is -0.575. The molecule has 2 heterocycles. The van der Waals surface area contributed by atoms with Gasteiger partial charge >= 0.3 is 0 Å². The summed E-state index contributed by atoms with van der Waals surface area (Å²) >= 11 is 0. The maximum atomic E-state index is 13.0. The van der Waals surface area contributed by atoms with Crippen LogP contribution in [0.2, 0.25) is 0 Å². The van der Waals surface area contributed by atoms with Crippen LogP contribution in [0.1, 0.15) is 18.4 Å². The molecule has 1 aromatic carbocycles. The van der Waals surface area contributed by atoms with Gasteiger partial charge in [0, 0.05) is 45.6 Å². The molecule has 0 aromatic heterocycles. The molecule has 2 aliphatic rings. The van der Waals surface area contributed by atoms with Crippen molar-refractivity contribution in [2.45, 2.75) is 25.0 Å². The minimum absolute atomic E-state index is 0. The van der Waals surface area contributed by atoms with Crippen molar-refractivity contribution in [2.24, 2.45) is 5.73 Å². The normalized spacial score (nSPS) is 20.4. The van der Waals surface area contributed by atoms with Gasteiger partial charge in [0.25, 0.3) is 10.2 Å². The van der Waals surface area contributed by atoms with Crippen LogP contribution in [0.3, 0.4) is 0 Å². The Labute approximate surface area is 162 Å².